The van der Waals surface area contributed by atoms with Gasteiger partial charge in [0.05, 0.1) is 23.3 Å². The number of nitrogens with zero attached hydrogens (tertiary/aromatic N) is 1. The van der Waals surface area contributed by atoms with E-state index in [0.29, 0.717) is 37.4 Å². The van der Waals surface area contributed by atoms with Crippen molar-refractivity contribution in [1.82, 2.24) is 0 Å². The minimum atomic E-state index is -0.860. The molecule has 5 nitrogen and oxygen atoms in total. The van der Waals surface area contributed by atoms with Crippen LogP contribution in [-0.2, 0) is 4.74 Å². The molecule has 0 amide bonds. The summed E-state index contributed by atoms with van der Waals surface area (Å²) < 4.78 is 10.8. The maximum Gasteiger partial charge on any atom is 0.122 e. The second kappa shape index (κ2) is 6.90. The third-order valence-electron chi connectivity index (χ3n) is 3.77. The van der Waals surface area contributed by atoms with E-state index in [-0.39, 0.29) is 13.0 Å². The molecule has 2 N–H and O–H groups in total. The van der Waals surface area contributed by atoms with Gasteiger partial charge in [-0.1, -0.05) is 0 Å². The van der Waals surface area contributed by atoms with Gasteiger partial charge < -0.3 is 19.7 Å². The number of ether oxygens (including phenoxy) is 2. The SMILES string of the molecule is Cc1cc(C#N)ccc1OCC(O)CC1(O)CCOCC1. The number of rotatable bonds is 5. The highest BCUT2D eigenvalue weighted by molar-refractivity contribution is 5.41. The number of hydrogen-bond donors (Lipinski definition) is 2. The van der Waals surface area contributed by atoms with Crippen molar-refractivity contribution in [3.8, 4) is 11.8 Å². The molecule has 1 aliphatic rings. The lowest BCUT2D eigenvalue weighted by atomic mass is 9.88. The van der Waals surface area contributed by atoms with E-state index in [1.165, 1.54) is 0 Å². The summed E-state index contributed by atoms with van der Waals surface area (Å²) in [6.07, 6.45) is 0.633. The Morgan fingerprint density at radius 1 is 1.43 bits per heavy atom. The average Bonchev–Trinajstić information content (AvgIpc) is 2.46. The molecule has 1 saturated heterocycles. The summed E-state index contributed by atoms with van der Waals surface area (Å²) in [6.45, 7) is 3.03. The van der Waals surface area contributed by atoms with Gasteiger partial charge >= 0.3 is 0 Å². The lowest BCUT2D eigenvalue weighted by Gasteiger charge is -2.33. The van der Waals surface area contributed by atoms with Crippen LogP contribution in [0.25, 0.3) is 0 Å². The molecule has 5 heteroatoms. The summed E-state index contributed by atoms with van der Waals surface area (Å²) >= 11 is 0. The van der Waals surface area contributed by atoms with Crippen molar-refractivity contribution in [3.63, 3.8) is 0 Å². The van der Waals surface area contributed by atoms with Gasteiger partial charge in [0.1, 0.15) is 12.4 Å². The van der Waals surface area contributed by atoms with Gasteiger partial charge in [-0.2, -0.15) is 5.26 Å². The van der Waals surface area contributed by atoms with Crippen molar-refractivity contribution in [2.24, 2.45) is 0 Å². The quantitative estimate of drug-likeness (QED) is 0.860. The Hall–Kier alpha value is -1.61. The molecule has 114 valence electrons. The molecule has 1 atom stereocenters. The molecule has 0 bridgehead atoms. The fourth-order valence-corrected chi connectivity index (χ4v) is 2.52. The van der Waals surface area contributed by atoms with Crippen LogP contribution in [0.15, 0.2) is 18.2 Å². The molecule has 2 rings (SSSR count). The maximum atomic E-state index is 10.3. The molecule has 1 aliphatic heterocycles. The van der Waals surface area contributed by atoms with Crippen LogP contribution in [0, 0.1) is 18.3 Å². The number of aliphatic hydroxyl groups excluding tert-OH is 1. The van der Waals surface area contributed by atoms with Gasteiger partial charge in [-0.15, -0.1) is 0 Å². The predicted octanol–water partition coefficient (Wildman–Crippen LogP) is 1.54. The van der Waals surface area contributed by atoms with Gasteiger partial charge in [0.2, 0.25) is 0 Å². The Morgan fingerprint density at radius 3 is 2.76 bits per heavy atom. The van der Waals surface area contributed by atoms with E-state index in [1.807, 2.05) is 6.92 Å². The smallest absolute Gasteiger partial charge is 0.122 e. The van der Waals surface area contributed by atoms with Crippen molar-refractivity contribution >= 4 is 0 Å². The standard InChI is InChI=1S/C16H21NO4/c1-12-8-13(10-17)2-3-15(12)21-11-14(18)9-16(19)4-6-20-7-5-16/h2-3,8,14,18-19H,4-7,9,11H2,1H3. The molecule has 0 aliphatic carbocycles. The van der Waals surface area contributed by atoms with Gasteiger partial charge in [0.15, 0.2) is 0 Å². The van der Waals surface area contributed by atoms with E-state index >= 15 is 0 Å². The highest BCUT2D eigenvalue weighted by atomic mass is 16.5. The Morgan fingerprint density at radius 2 is 2.14 bits per heavy atom. The molecule has 1 fully saturated rings. The molecule has 1 aromatic rings. The Labute approximate surface area is 124 Å². The van der Waals surface area contributed by atoms with E-state index < -0.39 is 11.7 Å². The van der Waals surface area contributed by atoms with Crippen LogP contribution in [0.4, 0.5) is 0 Å². The summed E-state index contributed by atoms with van der Waals surface area (Å²) in [5, 5.41) is 29.2. The van der Waals surface area contributed by atoms with E-state index in [9.17, 15) is 10.2 Å². The zero-order valence-corrected chi connectivity index (χ0v) is 12.2. The zero-order chi connectivity index (χ0) is 15.3. The van der Waals surface area contributed by atoms with E-state index in [4.69, 9.17) is 14.7 Å². The Bertz CT molecular complexity index is 517. The van der Waals surface area contributed by atoms with Gasteiger partial charge in [0.25, 0.3) is 0 Å². The first-order chi connectivity index (χ1) is 10.0. The van der Waals surface area contributed by atoms with Gasteiger partial charge in [-0.05, 0) is 43.5 Å². The first-order valence-corrected chi connectivity index (χ1v) is 7.14. The summed E-state index contributed by atoms with van der Waals surface area (Å²) in [7, 11) is 0. The zero-order valence-electron chi connectivity index (χ0n) is 12.2. The fraction of sp³-hybridized carbons (Fsp3) is 0.562. The normalized spacial score (nSPS) is 18.8. The largest absolute Gasteiger partial charge is 0.491 e. The van der Waals surface area contributed by atoms with Crippen molar-refractivity contribution in [1.29, 1.82) is 5.26 Å². The minimum Gasteiger partial charge on any atom is -0.491 e. The van der Waals surface area contributed by atoms with Crippen LogP contribution < -0.4 is 4.74 Å². The molecular weight excluding hydrogens is 270 g/mol. The third-order valence-corrected chi connectivity index (χ3v) is 3.77. The van der Waals surface area contributed by atoms with Gasteiger partial charge in [-0.25, -0.2) is 0 Å². The summed E-state index contributed by atoms with van der Waals surface area (Å²) in [4.78, 5) is 0. The summed E-state index contributed by atoms with van der Waals surface area (Å²) in [5.41, 5.74) is 0.573. The predicted molar refractivity (Wildman–Crippen MR) is 77.0 cm³/mol. The second-order valence-electron chi connectivity index (χ2n) is 5.60. The van der Waals surface area contributed by atoms with E-state index in [1.54, 1.807) is 18.2 Å². The molecule has 1 aromatic carbocycles. The number of nitriles is 1. The third kappa shape index (κ3) is 4.43. The first-order valence-electron chi connectivity index (χ1n) is 7.14. The molecule has 0 saturated carbocycles. The van der Waals surface area contributed by atoms with Gasteiger partial charge in [-0.3, -0.25) is 0 Å². The summed E-state index contributed by atoms with van der Waals surface area (Å²) in [6, 6.07) is 7.22. The van der Waals surface area contributed by atoms with Crippen LogP contribution in [-0.4, -0.2) is 41.7 Å². The van der Waals surface area contributed by atoms with Crippen molar-refractivity contribution in [3.05, 3.63) is 29.3 Å². The van der Waals surface area contributed by atoms with Crippen LogP contribution in [0.3, 0.4) is 0 Å². The number of benzene rings is 1. The van der Waals surface area contributed by atoms with E-state index in [0.717, 1.165) is 5.56 Å². The number of hydrogen-bond acceptors (Lipinski definition) is 5. The maximum absolute atomic E-state index is 10.3. The van der Waals surface area contributed by atoms with Gasteiger partial charge in [0, 0.05) is 19.6 Å². The molecule has 0 spiro atoms. The van der Waals surface area contributed by atoms with Crippen LogP contribution in [0.2, 0.25) is 0 Å². The fourth-order valence-electron chi connectivity index (χ4n) is 2.52. The molecule has 1 heterocycles. The average molecular weight is 291 g/mol. The summed E-state index contributed by atoms with van der Waals surface area (Å²) in [5.74, 6) is 0.645. The van der Waals surface area contributed by atoms with Crippen molar-refractivity contribution in [2.45, 2.75) is 37.9 Å². The Balaban J connectivity index is 1.86. The highest BCUT2D eigenvalue weighted by Crippen LogP contribution is 2.26. The highest BCUT2D eigenvalue weighted by Gasteiger charge is 2.32. The van der Waals surface area contributed by atoms with Crippen molar-refractivity contribution in [2.75, 3.05) is 19.8 Å². The molecule has 21 heavy (non-hydrogen) atoms. The van der Waals surface area contributed by atoms with E-state index in [2.05, 4.69) is 6.07 Å². The molecule has 1 unspecified atom stereocenters. The number of aryl methyl sites for hydroxylation is 1. The Kier molecular flexibility index (Phi) is 5.18. The van der Waals surface area contributed by atoms with Crippen LogP contribution >= 0.6 is 0 Å². The first kappa shape index (κ1) is 15.8. The topological polar surface area (TPSA) is 82.7 Å². The van der Waals surface area contributed by atoms with Crippen molar-refractivity contribution < 1.29 is 19.7 Å². The monoisotopic (exact) mass is 291 g/mol. The van der Waals surface area contributed by atoms with Crippen LogP contribution in [0.1, 0.15) is 30.4 Å². The number of aliphatic hydroxyl groups is 2. The molecular formula is C16H21NO4. The molecule has 0 aromatic heterocycles. The lowest BCUT2D eigenvalue weighted by Crippen LogP contribution is -2.40. The second-order valence-corrected chi connectivity index (χ2v) is 5.60. The molecule has 0 radical (unpaired) electrons. The lowest BCUT2D eigenvalue weighted by molar-refractivity contribution is -0.0906. The van der Waals surface area contributed by atoms with Crippen LogP contribution in [0.5, 0.6) is 5.75 Å². The minimum absolute atomic E-state index is 0.121.